The Hall–Kier alpha value is -2.25. The maximum atomic E-state index is 13.2. The number of aromatic nitrogens is 2. The lowest BCUT2D eigenvalue weighted by molar-refractivity contribution is -0.0176. The molecule has 1 aromatic heterocycles. The Morgan fingerprint density at radius 2 is 1.96 bits per heavy atom. The van der Waals surface area contributed by atoms with Gasteiger partial charge in [0.15, 0.2) is 0 Å². The van der Waals surface area contributed by atoms with Crippen LogP contribution in [-0.2, 0) is 4.74 Å². The minimum Gasteiger partial charge on any atom is -0.394 e. The van der Waals surface area contributed by atoms with Crippen LogP contribution < -0.4 is 9.80 Å². The number of halogens is 1. The van der Waals surface area contributed by atoms with E-state index in [1.54, 1.807) is 18.5 Å². The van der Waals surface area contributed by atoms with E-state index in [9.17, 15) is 9.50 Å². The number of nitrogens with zero attached hydrogens (tertiary/aromatic N) is 4. The van der Waals surface area contributed by atoms with E-state index in [1.165, 1.54) is 12.1 Å². The van der Waals surface area contributed by atoms with Crippen LogP contribution in [0.25, 0.3) is 0 Å². The van der Waals surface area contributed by atoms with Gasteiger partial charge in [0.2, 0.25) is 0 Å². The first-order valence-electron chi connectivity index (χ1n) is 9.49. The Balaban J connectivity index is 1.55. The first kappa shape index (κ1) is 18.1. The zero-order chi connectivity index (χ0) is 18.8. The Kier molecular flexibility index (Phi) is 5.22. The second-order valence-corrected chi connectivity index (χ2v) is 7.30. The number of rotatable bonds is 4. The SMILES string of the molecule is CC1CN(c2cc(N3CCCC3CO)ncn2)CC(c2ccc(F)cc2)O1. The predicted octanol–water partition coefficient (Wildman–Crippen LogP) is 2.54. The molecule has 2 aromatic rings. The zero-order valence-electron chi connectivity index (χ0n) is 15.5. The standard InChI is InChI=1S/C20H25FN4O2/c1-14-10-24(11-18(27-14)15-4-6-16(21)7-5-15)19-9-20(23-13-22-19)25-8-2-3-17(25)12-26/h4-7,9,13-14,17-18,26H,2-3,8,10-12H2,1H3. The van der Waals surface area contributed by atoms with Crippen molar-refractivity contribution in [2.24, 2.45) is 0 Å². The van der Waals surface area contributed by atoms with E-state index in [4.69, 9.17) is 4.74 Å². The number of morpholine rings is 1. The van der Waals surface area contributed by atoms with Gasteiger partial charge in [-0.05, 0) is 37.5 Å². The summed E-state index contributed by atoms with van der Waals surface area (Å²) in [4.78, 5) is 13.2. The largest absolute Gasteiger partial charge is 0.394 e. The fraction of sp³-hybridized carbons (Fsp3) is 0.500. The minimum atomic E-state index is -0.246. The van der Waals surface area contributed by atoms with E-state index >= 15 is 0 Å². The Morgan fingerprint density at radius 1 is 1.19 bits per heavy atom. The molecule has 3 unspecified atom stereocenters. The second kappa shape index (κ2) is 7.78. The maximum Gasteiger partial charge on any atom is 0.134 e. The van der Waals surface area contributed by atoms with Crippen molar-refractivity contribution in [3.8, 4) is 0 Å². The van der Waals surface area contributed by atoms with Gasteiger partial charge in [-0.25, -0.2) is 14.4 Å². The number of anilines is 2. The normalized spacial score (nSPS) is 25.8. The molecule has 0 radical (unpaired) electrons. The Morgan fingerprint density at radius 3 is 2.74 bits per heavy atom. The van der Waals surface area contributed by atoms with Gasteiger partial charge in [0, 0.05) is 25.7 Å². The molecule has 144 valence electrons. The molecule has 2 aliphatic rings. The summed E-state index contributed by atoms with van der Waals surface area (Å²) in [5.74, 6) is 1.46. The average Bonchev–Trinajstić information content (AvgIpc) is 3.17. The third-order valence-corrected chi connectivity index (χ3v) is 5.35. The van der Waals surface area contributed by atoms with Crippen molar-refractivity contribution >= 4 is 11.6 Å². The summed E-state index contributed by atoms with van der Waals surface area (Å²) < 4.78 is 19.3. The van der Waals surface area contributed by atoms with Crippen molar-refractivity contribution in [3.05, 3.63) is 48.0 Å². The number of hydrogen-bond donors (Lipinski definition) is 1. The summed E-state index contributed by atoms with van der Waals surface area (Å²) in [5, 5.41) is 9.59. The van der Waals surface area contributed by atoms with Gasteiger partial charge in [-0.3, -0.25) is 0 Å². The van der Waals surface area contributed by atoms with Crippen LogP contribution in [-0.4, -0.2) is 53.5 Å². The number of benzene rings is 1. The molecule has 4 rings (SSSR count). The molecule has 0 aliphatic carbocycles. The zero-order valence-corrected chi connectivity index (χ0v) is 15.5. The van der Waals surface area contributed by atoms with E-state index in [0.29, 0.717) is 6.54 Å². The first-order chi connectivity index (χ1) is 13.1. The van der Waals surface area contributed by atoms with Crippen LogP contribution in [0.3, 0.4) is 0 Å². The molecule has 7 heteroatoms. The average molecular weight is 372 g/mol. The molecule has 2 aliphatic heterocycles. The van der Waals surface area contributed by atoms with E-state index in [1.807, 2.05) is 13.0 Å². The van der Waals surface area contributed by atoms with Crippen LogP contribution in [0.1, 0.15) is 31.4 Å². The third kappa shape index (κ3) is 3.89. The van der Waals surface area contributed by atoms with Crippen LogP contribution in [0, 0.1) is 5.82 Å². The van der Waals surface area contributed by atoms with Gasteiger partial charge in [-0.15, -0.1) is 0 Å². The van der Waals surface area contributed by atoms with Crippen molar-refractivity contribution in [1.29, 1.82) is 0 Å². The molecule has 2 fully saturated rings. The number of aliphatic hydroxyl groups is 1. The minimum absolute atomic E-state index is 0.0317. The molecule has 3 heterocycles. The molecule has 2 saturated heterocycles. The monoisotopic (exact) mass is 372 g/mol. The van der Waals surface area contributed by atoms with E-state index in [2.05, 4.69) is 19.8 Å². The highest BCUT2D eigenvalue weighted by Gasteiger charge is 2.29. The van der Waals surface area contributed by atoms with Crippen molar-refractivity contribution in [2.75, 3.05) is 36.0 Å². The molecule has 1 N–H and O–H groups in total. The molecule has 0 bridgehead atoms. The van der Waals surface area contributed by atoms with Crippen LogP contribution in [0.15, 0.2) is 36.7 Å². The molecule has 0 spiro atoms. The van der Waals surface area contributed by atoms with E-state index < -0.39 is 0 Å². The number of aliphatic hydroxyl groups excluding tert-OH is 1. The van der Waals surface area contributed by atoms with Gasteiger partial charge in [0.25, 0.3) is 0 Å². The summed E-state index contributed by atoms with van der Waals surface area (Å²) in [5.41, 5.74) is 0.960. The van der Waals surface area contributed by atoms with Crippen LogP contribution in [0.5, 0.6) is 0 Å². The highest BCUT2D eigenvalue weighted by molar-refractivity contribution is 5.52. The van der Waals surface area contributed by atoms with Gasteiger partial charge in [-0.1, -0.05) is 12.1 Å². The number of ether oxygens (including phenoxy) is 1. The summed E-state index contributed by atoms with van der Waals surface area (Å²) >= 11 is 0. The van der Waals surface area contributed by atoms with Crippen molar-refractivity contribution < 1.29 is 14.2 Å². The molecular weight excluding hydrogens is 347 g/mol. The molecule has 27 heavy (non-hydrogen) atoms. The highest BCUT2D eigenvalue weighted by atomic mass is 19.1. The van der Waals surface area contributed by atoms with E-state index in [0.717, 1.165) is 43.1 Å². The molecule has 1 aromatic carbocycles. The summed E-state index contributed by atoms with van der Waals surface area (Å²) in [7, 11) is 0. The lowest BCUT2D eigenvalue weighted by atomic mass is 10.1. The van der Waals surface area contributed by atoms with E-state index in [-0.39, 0.29) is 30.7 Å². The Bertz CT molecular complexity index is 773. The quantitative estimate of drug-likeness (QED) is 0.890. The van der Waals surface area contributed by atoms with Gasteiger partial charge in [0.1, 0.15) is 29.9 Å². The Labute approximate surface area is 158 Å². The van der Waals surface area contributed by atoms with Crippen LogP contribution in [0.4, 0.5) is 16.0 Å². The van der Waals surface area contributed by atoms with Crippen LogP contribution in [0.2, 0.25) is 0 Å². The third-order valence-electron chi connectivity index (χ3n) is 5.35. The lowest BCUT2D eigenvalue weighted by Gasteiger charge is -2.38. The molecule has 6 nitrogen and oxygen atoms in total. The first-order valence-corrected chi connectivity index (χ1v) is 9.49. The van der Waals surface area contributed by atoms with Gasteiger partial charge < -0.3 is 19.6 Å². The molecule has 0 amide bonds. The van der Waals surface area contributed by atoms with Gasteiger partial charge in [0.05, 0.1) is 18.8 Å². The van der Waals surface area contributed by atoms with Crippen molar-refractivity contribution in [1.82, 2.24) is 9.97 Å². The maximum absolute atomic E-state index is 13.2. The predicted molar refractivity (Wildman–Crippen MR) is 101 cm³/mol. The van der Waals surface area contributed by atoms with Gasteiger partial charge in [-0.2, -0.15) is 0 Å². The van der Waals surface area contributed by atoms with Crippen molar-refractivity contribution in [2.45, 2.75) is 38.0 Å². The topological polar surface area (TPSA) is 61.7 Å². The van der Waals surface area contributed by atoms with Crippen LogP contribution >= 0.6 is 0 Å². The summed E-state index contributed by atoms with van der Waals surface area (Å²) in [6.07, 6.45) is 3.53. The molecular formula is C20H25FN4O2. The van der Waals surface area contributed by atoms with Crippen molar-refractivity contribution in [3.63, 3.8) is 0 Å². The lowest BCUT2D eigenvalue weighted by Crippen LogP contribution is -2.43. The highest BCUT2D eigenvalue weighted by Crippen LogP contribution is 2.30. The second-order valence-electron chi connectivity index (χ2n) is 7.30. The number of hydrogen-bond acceptors (Lipinski definition) is 6. The van der Waals surface area contributed by atoms with Gasteiger partial charge >= 0.3 is 0 Å². The molecule has 0 saturated carbocycles. The summed E-state index contributed by atoms with van der Waals surface area (Å²) in [6, 6.07) is 8.60. The smallest absolute Gasteiger partial charge is 0.134 e. The summed E-state index contributed by atoms with van der Waals surface area (Å²) in [6.45, 7) is 4.46. The fourth-order valence-electron chi connectivity index (χ4n) is 3.99. The molecule has 3 atom stereocenters. The fourth-order valence-corrected chi connectivity index (χ4v) is 3.99.